The van der Waals surface area contributed by atoms with Crippen LogP contribution in [0.1, 0.15) is 24.5 Å². The normalized spacial score (nSPS) is 24.9. The first kappa shape index (κ1) is 14.9. The van der Waals surface area contributed by atoms with Crippen molar-refractivity contribution in [3.05, 3.63) is 35.4 Å². The maximum atomic E-state index is 9.81. The van der Waals surface area contributed by atoms with Crippen LogP contribution in [0.15, 0.2) is 24.3 Å². The van der Waals surface area contributed by atoms with Crippen molar-refractivity contribution < 1.29 is 19.3 Å². The molecule has 20 heavy (non-hydrogen) atoms. The Balaban J connectivity index is 2.54. The summed E-state index contributed by atoms with van der Waals surface area (Å²) in [6, 6.07) is 3.98. The van der Waals surface area contributed by atoms with E-state index in [0.717, 1.165) is 11.1 Å². The van der Waals surface area contributed by atoms with Crippen LogP contribution in [0.4, 0.5) is 0 Å². The number of methoxy groups -OCH3 is 3. The molecular weight excluding hydrogens is 256 g/mol. The van der Waals surface area contributed by atoms with Crippen molar-refractivity contribution in [2.75, 3.05) is 21.3 Å². The van der Waals surface area contributed by atoms with E-state index in [1.54, 1.807) is 21.3 Å². The Morgan fingerprint density at radius 2 is 2.00 bits per heavy atom. The second-order valence-electron chi connectivity index (χ2n) is 5.36. The van der Waals surface area contributed by atoms with Crippen molar-refractivity contribution in [1.82, 2.24) is 0 Å². The molecule has 4 nitrogen and oxygen atoms in total. The molecule has 0 amide bonds. The summed E-state index contributed by atoms with van der Waals surface area (Å²) in [6.45, 7) is 2.60. The summed E-state index contributed by atoms with van der Waals surface area (Å²) in [5.41, 5.74) is 1.78. The number of ether oxygens (including phenoxy) is 3. The highest BCUT2D eigenvalue weighted by Gasteiger charge is 2.34. The fourth-order valence-electron chi connectivity index (χ4n) is 2.79. The SMILES string of the molecule is COCc1cc(OC)c(OC)c(C2(C)C=CC(O)C2)c1. The van der Waals surface area contributed by atoms with E-state index in [1.165, 1.54) is 0 Å². The van der Waals surface area contributed by atoms with Gasteiger partial charge in [-0.2, -0.15) is 0 Å². The number of hydrogen-bond donors (Lipinski definition) is 1. The van der Waals surface area contributed by atoms with E-state index in [4.69, 9.17) is 14.2 Å². The molecule has 0 heterocycles. The maximum Gasteiger partial charge on any atom is 0.164 e. The standard InChI is InChI=1S/C16H22O4/c1-16(6-5-12(17)9-16)13-7-11(10-18-2)8-14(19-3)15(13)20-4/h5-8,12,17H,9-10H2,1-4H3. The van der Waals surface area contributed by atoms with Crippen LogP contribution in [-0.2, 0) is 16.8 Å². The van der Waals surface area contributed by atoms with Crippen LogP contribution >= 0.6 is 0 Å². The summed E-state index contributed by atoms with van der Waals surface area (Å²) in [4.78, 5) is 0. The summed E-state index contributed by atoms with van der Waals surface area (Å²) in [6.07, 6.45) is 4.09. The van der Waals surface area contributed by atoms with Gasteiger partial charge in [0.15, 0.2) is 11.5 Å². The van der Waals surface area contributed by atoms with Gasteiger partial charge >= 0.3 is 0 Å². The average Bonchev–Trinajstić information content (AvgIpc) is 2.79. The first-order chi connectivity index (χ1) is 9.54. The number of hydrogen-bond acceptors (Lipinski definition) is 4. The molecule has 110 valence electrons. The topological polar surface area (TPSA) is 47.9 Å². The molecule has 1 aliphatic rings. The number of benzene rings is 1. The Morgan fingerprint density at radius 3 is 2.50 bits per heavy atom. The molecule has 1 N–H and O–H groups in total. The molecule has 0 saturated carbocycles. The maximum absolute atomic E-state index is 9.81. The minimum atomic E-state index is -0.415. The zero-order valence-electron chi connectivity index (χ0n) is 12.5. The smallest absolute Gasteiger partial charge is 0.164 e. The van der Waals surface area contributed by atoms with Crippen LogP contribution in [0.5, 0.6) is 11.5 Å². The molecule has 0 fully saturated rings. The quantitative estimate of drug-likeness (QED) is 0.840. The Kier molecular flexibility index (Phi) is 4.35. The predicted octanol–water partition coefficient (Wildman–Crippen LogP) is 2.43. The lowest BCUT2D eigenvalue weighted by atomic mass is 9.80. The van der Waals surface area contributed by atoms with E-state index in [9.17, 15) is 5.11 Å². The molecule has 0 bridgehead atoms. The van der Waals surface area contributed by atoms with Gasteiger partial charge in [0.2, 0.25) is 0 Å². The molecule has 1 aliphatic carbocycles. The first-order valence-corrected chi connectivity index (χ1v) is 6.66. The minimum Gasteiger partial charge on any atom is -0.493 e. The van der Waals surface area contributed by atoms with Crippen LogP contribution in [0.2, 0.25) is 0 Å². The summed E-state index contributed by atoms with van der Waals surface area (Å²) < 4.78 is 16.2. The Hall–Kier alpha value is -1.52. The number of aliphatic hydroxyl groups is 1. The van der Waals surface area contributed by atoms with E-state index in [2.05, 4.69) is 13.0 Å². The van der Waals surface area contributed by atoms with Crippen molar-refractivity contribution in [3.63, 3.8) is 0 Å². The summed E-state index contributed by atoms with van der Waals surface area (Å²) >= 11 is 0. The Morgan fingerprint density at radius 1 is 1.25 bits per heavy atom. The van der Waals surface area contributed by atoms with Gasteiger partial charge in [0.05, 0.1) is 26.9 Å². The van der Waals surface area contributed by atoms with Gasteiger partial charge in [-0.05, 0) is 24.1 Å². The van der Waals surface area contributed by atoms with Gasteiger partial charge in [0.25, 0.3) is 0 Å². The van der Waals surface area contributed by atoms with Crippen LogP contribution in [-0.4, -0.2) is 32.5 Å². The van der Waals surface area contributed by atoms with E-state index in [1.807, 2.05) is 18.2 Å². The monoisotopic (exact) mass is 278 g/mol. The van der Waals surface area contributed by atoms with E-state index >= 15 is 0 Å². The molecule has 0 aliphatic heterocycles. The third-order valence-corrected chi connectivity index (χ3v) is 3.78. The van der Waals surface area contributed by atoms with Crippen molar-refractivity contribution in [3.8, 4) is 11.5 Å². The first-order valence-electron chi connectivity index (χ1n) is 6.66. The van der Waals surface area contributed by atoms with Crippen molar-refractivity contribution in [2.45, 2.75) is 31.5 Å². The fraction of sp³-hybridized carbons (Fsp3) is 0.500. The molecule has 2 rings (SSSR count). The van der Waals surface area contributed by atoms with Crippen molar-refractivity contribution >= 4 is 0 Å². The van der Waals surface area contributed by atoms with Crippen molar-refractivity contribution in [1.29, 1.82) is 0 Å². The molecule has 1 aromatic rings. The molecule has 4 heteroatoms. The molecular formula is C16H22O4. The molecule has 0 saturated heterocycles. The molecule has 2 atom stereocenters. The van der Waals surface area contributed by atoms with E-state index < -0.39 is 6.10 Å². The van der Waals surface area contributed by atoms with E-state index in [-0.39, 0.29) is 5.41 Å². The van der Waals surface area contributed by atoms with Crippen LogP contribution in [0.25, 0.3) is 0 Å². The predicted molar refractivity (Wildman–Crippen MR) is 77.4 cm³/mol. The van der Waals surface area contributed by atoms with Gasteiger partial charge in [-0.1, -0.05) is 19.1 Å². The molecule has 0 spiro atoms. The summed E-state index contributed by atoms with van der Waals surface area (Å²) in [7, 11) is 4.92. The lowest BCUT2D eigenvalue weighted by Gasteiger charge is -2.27. The van der Waals surface area contributed by atoms with Crippen LogP contribution in [0.3, 0.4) is 0 Å². The highest BCUT2D eigenvalue weighted by atomic mass is 16.5. The Labute approximate surface area is 120 Å². The third-order valence-electron chi connectivity index (χ3n) is 3.78. The van der Waals surface area contributed by atoms with Gasteiger partial charge in [0, 0.05) is 18.1 Å². The third kappa shape index (κ3) is 2.67. The zero-order valence-corrected chi connectivity index (χ0v) is 12.5. The van der Waals surface area contributed by atoms with Crippen LogP contribution in [0, 0.1) is 0 Å². The molecule has 1 aromatic carbocycles. The fourth-order valence-corrected chi connectivity index (χ4v) is 2.79. The molecule has 0 aromatic heterocycles. The number of aliphatic hydroxyl groups excluding tert-OH is 1. The average molecular weight is 278 g/mol. The molecule has 0 radical (unpaired) electrons. The van der Waals surface area contributed by atoms with Gasteiger partial charge < -0.3 is 19.3 Å². The van der Waals surface area contributed by atoms with Crippen LogP contribution < -0.4 is 9.47 Å². The minimum absolute atomic E-state index is 0.262. The second-order valence-corrected chi connectivity index (χ2v) is 5.36. The highest BCUT2D eigenvalue weighted by molar-refractivity contribution is 5.54. The second kappa shape index (κ2) is 5.85. The number of rotatable bonds is 5. The van der Waals surface area contributed by atoms with Gasteiger partial charge in [-0.15, -0.1) is 0 Å². The summed E-state index contributed by atoms with van der Waals surface area (Å²) in [5, 5.41) is 9.81. The van der Waals surface area contributed by atoms with Crippen molar-refractivity contribution in [2.24, 2.45) is 0 Å². The Bertz CT molecular complexity index is 509. The lowest BCUT2D eigenvalue weighted by molar-refractivity contribution is 0.184. The van der Waals surface area contributed by atoms with Gasteiger partial charge in [-0.25, -0.2) is 0 Å². The number of allylic oxidation sites excluding steroid dienone is 1. The van der Waals surface area contributed by atoms with E-state index in [0.29, 0.717) is 24.5 Å². The van der Waals surface area contributed by atoms with Gasteiger partial charge in [-0.3, -0.25) is 0 Å². The highest BCUT2D eigenvalue weighted by Crippen LogP contribution is 2.45. The summed E-state index contributed by atoms with van der Waals surface area (Å²) in [5.74, 6) is 1.40. The molecule has 2 unspecified atom stereocenters. The lowest BCUT2D eigenvalue weighted by Crippen LogP contribution is -2.21. The largest absolute Gasteiger partial charge is 0.493 e. The zero-order chi connectivity index (χ0) is 14.8. The van der Waals surface area contributed by atoms with Gasteiger partial charge in [0.1, 0.15) is 0 Å².